The Hall–Kier alpha value is -3.47. The van der Waals surface area contributed by atoms with Crippen LogP contribution in [0.4, 0.5) is 5.69 Å². The first kappa shape index (κ1) is 26.6. The molecule has 0 aliphatic carbocycles. The standard InChI is InChI=1S/C27H29N3O5S2/c31-26(21-8-7-11-24(20-21)35-19-18-34-23-9-3-1-4-10-23)29-27(36)28-22-12-14-25(15-13-22)37(32,33)30-16-5-2-6-17-30/h1,3-4,7-15,20H,2,5-6,16-19H2,(H2,28,29,31,36). The molecule has 0 spiro atoms. The Morgan fingerprint density at radius 2 is 1.49 bits per heavy atom. The minimum absolute atomic E-state index is 0.0965. The van der Waals surface area contributed by atoms with Gasteiger partial charge in [-0.1, -0.05) is 30.7 Å². The summed E-state index contributed by atoms with van der Waals surface area (Å²) in [5.41, 5.74) is 0.951. The third-order valence-corrected chi connectivity index (χ3v) is 7.87. The van der Waals surface area contributed by atoms with Crippen LogP contribution in [0.3, 0.4) is 0 Å². The van der Waals surface area contributed by atoms with Crippen molar-refractivity contribution in [2.45, 2.75) is 24.2 Å². The average molecular weight is 540 g/mol. The fourth-order valence-electron chi connectivity index (χ4n) is 3.87. The number of benzene rings is 3. The molecule has 1 saturated heterocycles. The third-order valence-electron chi connectivity index (χ3n) is 5.75. The lowest BCUT2D eigenvalue weighted by atomic mass is 10.2. The molecule has 1 aliphatic heterocycles. The molecule has 1 aliphatic rings. The van der Waals surface area contributed by atoms with Gasteiger partial charge in [0, 0.05) is 24.3 Å². The Labute approximate surface area is 222 Å². The van der Waals surface area contributed by atoms with Crippen LogP contribution >= 0.6 is 12.2 Å². The maximum Gasteiger partial charge on any atom is 0.257 e. The molecule has 0 radical (unpaired) electrons. The number of hydrogen-bond donors (Lipinski definition) is 2. The van der Waals surface area contributed by atoms with Gasteiger partial charge in [0.1, 0.15) is 24.7 Å². The van der Waals surface area contributed by atoms with Crippen LogP contribution in [0, 0.1) is 0 Å². The van der Waals surface area contributed by atoms with Crippen molar-refractivity contribution in [1.29, 1.82) is 0 Å². The molecule has 8 nitrogen and oxygen atoms in total. The lowest BCUT2D eigenvalue weighted by molar-refractivity contribution is 0.0977. The van der Waals surface area contributed by atoms with Crippen LogP contribution in [0.5, 0.6) is 11.5 Å². The molecule has 0 bridgehead atoms. The lowest BCUT2D eigenvalue weighted by Gasteiger charge is -2.25. The molecule has 0 atom stereocenters. The Balaban J connectivity index is 1.26. The number of nitrogens with one attached hydrogen (secondary N) is 2. The van der Waals surface area contributed by atoms with Crippen LogP contribution < -0.4 is 20.1 Å². The van der Waals surface area contributed by atoms with Crippen molar-refractivity contribution in [2.75, 3.05) is 31.6 Å². The van der Waals surface area contributed by atoms with E-state index in [1.165, 1.54) is 4.31 Å². The van der Waals surface area contributed by atoms with Crippen LogP contribution in [0.2, 0.25) is 0 Å². The van der Waals surface area contributed by atoms with Crippen LogP contribution in [0.25, 0.3) is 0 Å². The van der Waals surface area contributed by atoms with Gasteiger partial charge in [0.05, 0.1) is 4.90 Å². The second kappa shape index (κ2) is 12.7. The van der Waals surface area contributed by atoms with E-state index in [2.05, 4.69) is 10.6 Å². The van der Waals surface area contributed by atoms with E-state index in [0.29, 0.717) is 43.3 Å². The fourth-order valence-corrected chi connectivity index (χ4v) is 5.59. The highest BCUT2D eigenvalue weighted by Crippen LogP contribution is 2.22. The second-order valence-electron chi connectivity index (χ2n) is 8.44. The van der Waals surface area contributed by atoms with Gasteiger partial charge in [-0.05, 0) is 79.7 Å². The number of carbonyl (C=O) groups is 1. The highest BCUT2D eigenvalue weighted by molar-refractivity contribution is 7.89. The first-order valence-corrected chi connectivity index (χ1v) is 13.9. The number of rotatable bonds is 9. The highest BCUT2D eigenvalue weighted by atomic mass is 32.2. The fraction of sp³-hybridized carbons (Fsp3) is 0.259. The SMILES string of the molecule is O=C(NC(=S)Nc1ccc(S(=O)(=O)N2CCCCC2)cc1)c1cccc(OCCOc2ccccc2)c1. The van der Waals surface area contributed by atoms with Crippen molar-refractivity contribution >= 4 is 38.9 Å². The van der Waals surface area contributed by atoms with Crippen LogP contribution in [-0.4, -0.2) is 50.0 Å². The lowest BCUT2D eigenvalue weighted by Crippen LogP contribution is -2.35. The molecule has 4 rings (SSSR count). The Morgan fingerprint density at radius 1 is 0.838 bits per heavy atom. The minimum Gasteiger partial charge on any atom is -0.490 e. The van der Waals surface area contributed by atoms with E-state index in [1.807, 2.05) is 30.3 Å². The first-order chi connectivity index (χ1) is 17.9. The van der Waals surface area contributed by atoms with Crippen molar-refractivity contribution in [1.82, 2.24) is 9.62 Å². The summed E-state index contributed by atoms with van der Waals surface area (Å²) in [7, 11) is -3.51. The molecular formula is C27H29N3O5S2. The monoisotopic (exact) mass is 539 g/mol. The summed E-state index contributed by atoms with van der Waals surface area (Å²) in [4.78, 5) is 12.9. The van der Waals surface area contributed by atoms with Crippen molar-refractivity contribution in [3.8, 4) is 11.5 Å². The molecule has 3 aromatic carbocycles. The number of amides is 1. The summed E-state index contributed by atoms with van der Waals surface area (Å²) in [5, 5.41) is 5.64. The number of hydrogen-bond acceptors (Lipinski definition) is 6. The predicted molar refractivity (Wildman–Crippen MR) is 147 cm³/mol. The molecule has 1 fully saturated rings. The summed E-state index contributed by atoms with van der Waals surface area (Å²) in [6, 6.07) is 22.5. The normalized spacial score (nSPS) is 13.9. The van der Waals surface area contributed by atoms with Gasteiger partial charge in [0.2, 0.25) is 10.0 Å². The number of ether oxygens (including phenoxy) is 2. The highest BCUT2D eigenvalue weighted by Gasteiger charge is 2.25. The van der Waals surface area contributed by atoms with Crippen molar-refractivity contribution in [2.24, 2.45) is 0 Å². The molecule has 2 N–H and O–H groups in total. The minimum atomic E-state index is -3.51. The average Bonchev–Trinajstić information content (AvgIpc) is 2.92. The zero-order chi connectivity index (χ0) is 26.1. The topological polar surface area (TPSA) is 97.0 Å². The Morgan fingerprint density at radius 3 is 2.19 bits per heavy atom. The van der Waals surface area contributed by atoms with Gasteiger partial charge < -0.3 is 14.8 Å². The number of sulfonamides is 1. The molecule has 194 valence electrons. The van der Waals surface area contributed by atoms with Crippen molar-refractivity contribution in [3.05, 3.63) is 84.4 Å². The van der Waals surface area contributed by atoms with Crippen molar-refractivity contribution < 1.29 is 22.7 Å². The Bertz CT molecular complexity index is 1310. The first-order valence-electron chi connectivity index (χ1n) is 12.0. The number of anilines is 1. The zero-order valence-corrected chi connectivity index (χ0v) is 21.9. The molecule has 0 unspecified atom stereocenters. The van der Waals surface area contributed by atoms with E-state index in [4.69, 9.17) is 21.7 Å². The smallest absolute Gasteiger partial charge is 0.257 e. The van der Waals surface area contributed by atoms with E-state index >= 15 is 0 Å². The van der Waals surface area contributed by atoms with E-state index in [0.717, 1.165) is 25.0 Å². The number of para-hydroxylation sites is 1. The van der Waals surface area contributed by atoms with E-state index < -0.39 is 15.9 Å². The summed E-state index contributed by atoms with van der Waals surface area (Å²) in [6.07, 6.45) is 2.81. The molecule has 10 heteroatoms. The van der Waals surface area contributed by atoms with E-state index in [-0.39, 0.29) is 10.0 Å². The molecule has 0 aromatic heterocycles. The quantitative estimate of drug-likeness (QED) is 0.306. The molecular weight excluding hydrogens is 510 g/mol. The molecule has 1 heterocycles. The largest absolute Gasteiger partial charge is 0.490 e. The van der Waals surface area contributed by atoms with Crippen LogP contribution in [0.1, 0.15) is 29.6 Å². The zero-order valence-electron chi connectivity index (χ0n) is 20.3. The van der Waals surface area contributed by atoms with Gasteiger partial charge in [0.15, 0.2) is 5.11 Å². The summed E-state index contributed by atoms with van der Waals surface area (Å²) in [6.45, 7) is 1.79. The summed E-state index contributed by atoms with van der Waals surface area (Å²) >= 11 is 5.27. The van der Waals surface area contributed by atoms with Gasteiger partial charge in [-0.2, -0.15) is 4.31 Å². The van der Waals surface area contributed by atoms with Gasteiger partial charge in [-0.15, -0.1) is 0 Å². The summed E-state index contributed by atoms with van der Waals surface area (Å²) < 4.78 is 38.4. The molecule has 0 saturated carbocycles. The van der Waals surface area contributed by atoms with Gasteiger partial charge in [-0.3, -0.25) is 10.1 Å². The molecule has 3 aromatic rings. The number of thiocarbonyl (C=S) groups is 1. The number of nitrogens with zero attached hydrogens (tertiary/aromatic N) is 1. The Kier molecular flexibility index (Phi) is 9.10. The second-order valence-corrected chi connectivity index (χ2v) is 10.8. The number of piperidine rings is 1. The molecule has 1 amide bonds. The van der Waals surface area contributed by atoms with Crippen LogP contribution in [0.15, 0.2) is 83.8 Å². The molecule has 37 heavy (non-hydrogen) atoms. The van der Waals surface area contributed by atoms with Gasteiger partial charge in [-0.25, -0.2) is 8.42 Å². The maximum absolute atomic E-state index is 12.8. The van der Waals surface area contributed by atoms with E-state index in [9.17, 15) is 13.2 Å². The maximum atomic E-state index is 12.8. The van der Waals surface area contributed by atoms with Gasteiger partial charge in [0.25, 0.3) is 5.91 Å². The van der Waals surface area contributed by atoms with E-state index in [1.54, 1.807) is 48.5 Å². The third kappa shape index (κ3) is 7.51. The van der Waals surface area contributed by atoms with Gasteiger partial charge >= 0.3 is 0 Å². The summed E-state index contributed by atoms with van der Waals surface area (Å²) in [5.74, 6) is 0.903. The van der Waals surface area contributed by atoms with Crippen molar-refractivity contribution in [3.63, 3.8) is 0 Å². The predicted octanol–water partition coefficient (Wildman–Crippen LogP) is 4.45. The number of carbonyl (C=O) groups excluding carboxylic acids is 1. The van der Waals surface area contributed by atoms with Crippen LogP contribution in [-0.2, 0) is 10.0 Å².